The standard InChI is InChI=1S/C18H15Cl2NO4S.C15H13Cl2NO5/c19-10-6-11(20)8-12(7-10)21-17(18(22)23)15-4-3-14(25-15)16(26)9-13-2-1-5-24-13;1-8(19)22-7-12-2-3-13(23-12)14(15(20)21)18-11-5-9(16)4-10(17)6-11/h1-8,16-17,21,26H,9H2,(H,22,23);2-6,14,18H,7H2,1H3,(H,20,21). The third kappa shape index (κ3) is 11.4. The van der Waals surface area contributed by atoms with E-state index in [1.54, 1.807) is 60.9 Å². The van der Waals surface area contributed by atoms with Gasteiger partial charge < -0.3 is 38.8 Å². The largest absolute Gasteiger partial charge is 0.479 e. The molecule has 4 N–H and O–H groups in total. The van der Waals surface area contributed by atoms with E-state index in [2.05, 4.69) is 23.3 Å². The number of carbonyl (C=O) groups excluding carboxylic acids is 1. The van der Waals surface area contributed by atoms with Crippen molar-refractivity contribution in [3.05, 3.63) is 128 Å². The number of furan rings is 3. The number of hydrogen-bond donors (Lipinski definition) is 5. The van der Waals surface area contributed by atoms with Crippen LogP contribution < -0.4 is 10.6 Å². The number of ether oxygens (including phenoxy) is 1. The van der Waals surface area contributed by atoms with Crippen LogP contribution in [0, 0.1) is 0 Å². The molecule has 5 rings (SSSR count). The highest BCUT2D eigenvalue weighted by molar-refractivity contribution is 7.80. The van der Waals surface area contributed by atoms with Crippen LogP contribution in [-0.2, 0) is 32.1 Å². The molecule has 0 spiro atoms. The highest BCUT2D eigenvalue weighted by Crippen LogP contribution is 2.32. The smallest absolute Gasteiger partial charge is 0.334 e. The zero-order valence-electron chi connectivity index (χ0n) is 25.4. The van der Waals surface area contributed by atoms with Crippen molar-refractivity contribution in [1.82, 2.24) is 0 Å². The Balaban J connectivity index is 0.000000223. The molecule has 0 aliphatic heterocycles. The minimum Gasteiger partial charge on any atom is -0.479 e. The number of halogens is 4. The number of rotatable bonds is 13. The summed E-state index contributed by atoms with van der Waals surface area (Å²) < 4.78 is 21.2. The van der Waals surface area contributed by atoms with Crippen molar-refractivity contribution in [2.24, 2.45) is 0 Å². The fourth-order valence-corrected chi connectivity index (χ4v) is 5.71. The lowest BCUT2D eigenvalue weighted by Crippen LogP contribution is -2.20. The molecule has 3 unspecified atom stereocenters. The number of nitrogens with one attached hydrogen (secondary N) is 2. The van der Waals surface area contributed by atoms with Gasteiger partial charge in [0.1, 0.15) is 35.4 Å². The van der Waals surface area contributed by atoms with Crippen LogP contribution >= 0.6 is 59.0 Å². The Bertz CT molecular complexity index is 1850. The fourth-order valence-electron chi connectivity index (χ4n) is 4.34. The number of anilines is 2. The third-order valence-corrected chi connectivity index (χ3v) is 7.77. The molecular weight excluding hydrogens is 742 g/mol. The Morgan fingerprint density at radius 1 is 0.735 bits per heavy atom. The Morgan fingerprint density at radius 2 is 1.22 bits per heavy atom. The number of aliphatic carboxylic acids is 2. The van der Waals surface area contributed by atoms with E-state index in [0.29, 0.717) is 49.4 Å². The molecule has 5 aromatic rings. The van der Waals surface area contributed by atoms with Crippen molar-refractivity contribution in [3.8, 4) is 0 Å². The van der Waals surface area contributed by atoms with E-state index in [-0.39, 0.29) is 23.4 Å². The van der Waals surface area contributed by atoms with Crippen LogP contribution in [0.4, 0.5) is 11.4 Å². The summed E-state index contributed by atoms with van der Waals surface area (Å²) in [6.45, 7) is 1.21. The minimum absolute atomic E-state index is 0.0648. The predicted molar refractivity (Wildman–Crippen MR) is 188 cm³/mol. The fraction of sp³-hybridized carbons (Fsp3) is 0.182. The van der Waals surface area contributed by atoms with E-state index in [1.807, 2.05) is 6.07 Å². The van der Waals surface area contributed by atoms with Crippen LogP contribution in [0.5, 0.6) is 0 Å². The zero-order chi connectivity index (χ0) is 35.7. The van der Waals surface area contributed by atoms with Crippen LogP contribution in [0.25, 0.3) is 0 Å². The summed E-state index contributed by atoms with van der Waals surface area (Å²) >= 11 is 28.2. The number of carboxylic acid groups (broad SMARTS) is 2. The van der Waals surface area contributed by atoms with Gasteiger partial charge in [0.15, 0.2) is 12.1 Å². The van der Waals surface area contributed by atoms with Gasteiger partial charge in [0.25, 0.3) is 0 Å². The predicted octanol–water partition coefficient (Wildman–Crippen LogP) is 9.52. The van der Waals surface area contributed by atoms with Crippen molar-refractivity contribution in [2.45, 2.75) is 37.3 Å². The molecule has 11 nitrogen and oxygen atoms in total. The van der Waals surface area contributed by atoms with E-state index in [4.69, 9.17) is 64.4 Å². The molecule has 49 heavy (non-hydrogen) atoms. The van der Waals surface area contributed by atoms with Crippen molar-refractivity contribution in [3.63, 3.8) is 0 Å². The van der Waals surface area contributed by atoms with Gasteiger partial charge in [0.05, 0.1) is 11.5 Å². The monoisotopic (exact) mass is 768 g/mol. The molecule has 0 bridgehead atoms. The molecule has 0 saturated heterocycles. The van der Waals surface area contributed by atoms with Gasteiger partial charge >= 0.3 is 17.9 Å². The van der Waals surface area contributed by atoms with Crippen LogP contribution in [0.3, 0.4) is 0 Å². The van der Waals surface area contributed by atoms with Gasteiger partial charge in [-0.1, -0.05) is 46.4 Å². The summed E-state index contributed by atoms with van der Waals surface area (Å²) in [5, 5.41) is 25.9. The first-order chi connectivity index (χ1) is 23.3. The van der Waals surface area contributed by atoms with Gasteiger partial charge in [-0.25, -0.2) is 9.59 Å². The summed E-state index contributed by atoms with van der Waals surface area (Å²) in [5.41, 5.74) is 0.915. The maximum absolute atomic E-state index is 11.7. The average Bonchev–Trinajstić information content (AvgIpc) is 3.80. The summed E-state index contributed by atoms with van der Waals surface area (Å²) in [6, 6.07) is 17.1. The van der Waals surface area contributed by atoms with Crippen molar-refractivity contribution in [2.75, 3.05) is 10.6 Å². The Kier molecular flexibility index (Phi) is 13.4. The first kappa shape index (κ1) is 37.6. The molecule has 0 saturated carbocycles. The summed E-state index contributed by atoms with van der Waals surface area (Å²) in [7, 11) is 0. The molecule has 0 aliphatic carbocycles. The van der Waals surface area contributed by atoms with Gasteiger partial charge in [-0.15, -0.1) is 0 Å². The second-order valence-electron chi connectivity index (χ2n) is 10.3. The number of carbonyl (C=O) groups is 3. The Morgan fingerprint density at radius 3 is 1.69 bits per heavy atom. The molecule has 3 atom stereocenters. The normalized spacial score (nSPS) is 12.6. The lowest BCUT2D eigenvalue weighted by molar-refractivity contribution is -0.143. The van der Waals surface area contributed by atoms with Crippen LogP contribution in [0.1, 0.15) is 53.1 Å². The van der Waals surface area contributed by atoms with Crippen molar-refractivity contribution < 1.29 is 42.6 Å². The molecule has 0 fully saturated rings. The minimum atomic E-state index is -1.14. The highest BCUT2D eigenvalue weighted by Gasteiger charge is 2.26. The second-order valence-corrected chi connectivity index (χ2v) is 12.6. The SMILES string of the molecule is CC(=O)OCc1ccc(C(Nc2cc(Cl)cc(Cl)c2)C(=O)O)o1.O=C(O)C(Nc1cc(Cl)cc(Cl)c1)c1ccc(C(S)Cc2ccco2)o1. The second kappa shape index (κ2) is 17.5. The van der Waals surface area contributed by atoms with E-state index in [0.717, 1.165) is 5.76 Å². The average molecular weight is 770 g/mol. The van der Waals surface area contributed by atoms with Gasteiger partial charge in [-0.05, 0) is 72.8 Å². The topological polar surface area (TPSA) is 164 Å². The zero-order valence-corrected chi connectivity index (χ0v) is 29.3. The maximum Gasteiger partial charge on any atom is 0.334 e. The molecule has 0 amide bonds. The molecule has 0 aliphatic rings. The summed E-state index contributed by atoms with van der Waals surface area (Å²) in [5.74, 6) is -0.616. The number of benzene rings is 2. The number of carboxylic acids is 2. The molecule has 3 heterocycles. The third-order valence-electron chi connectivity index (χ3n) is 6.46. The van der Waals surface area contributed by atoms with Crippen LogP contribution in [0.2, 0.25) is 20.1 Å². The Hall–Kier alpha value is -4.20. The van der Waals surface area contributed by atoms with Crippen LogP contribution in [0.15, 0.2) is 92.3 Å². The number of hydrogen-bond acceptors (Lipinski definition) is 10. The van der Waals surface area contributed by atoms with Gasteiger partial charge in [-0.2, -0.15) is 12.6 Å². The first-order valence-electron chi connectivity index (χ1n) is 14.2. The molecule has 16 heteroatoms. The molecule has 0 radical (unpaired) electrons. The summed E-state index contributed by atoms with van der Waals surface area (Å²) in [6.07, 6.45) is 2.11. The van der Waals surface area contributed by atoms with Gasteiger partial charge in [0, 0.05) is 44.8 Å². The molecular formula is C33H28Cl4N2O9S. The molecule has 3 aromatic heterocycles. The Labute approximate surface area is 305 Å². The van der Waals surface area contributed by atoms with E-state index in [1.165, 1.54) is 19.1 Å². The summed E-state index contributed by atoms with van der Waals surface area (Å²) in [4.78, 5) is 33.9. The highest BCUT2D eigenvalue weighted by atomic mass is 35.5. The lowest BCUT2D eigenvalue weighted by Gasteiger charge is -2.14. The quantitative estimate of drug-likeness (QED) is 0.0572. The van der Waals surface area contributed by atoms with E-state index in [9.17, 15) is 24.6 Å². The van der Waals surface area contributed by atoms with Crippen LogP contribution in [-0.4, -0.2) is 28.1 Å². The van der Waals surface area contributed by atoms with Gasteiger partial charge in [-0.3, -0.25) is 4.79 Å². The van der Waals surface area contributed by atoms with Gasteiger partial charge in [0.2, 0.25) is 0 Å². The molecule has 2 aromatic carbocycles. The van der Waals surface area contributed by atoms with Crippen molar-refractivity contribution in [1.29, 1.82) is 0 Å². The maximum atomic E-state index is 11.7. The van der Waals surface area contributed by atoms with E-state index < -0.39 is 30.0 Å². The van der Waals surface area contributed by atoms with E-state index >= 15 is 0 Å². The lowest BCUT2D eigenvalue weighted by atomic mass is 10.2. The number of thiol groups is 1. The first-order valence-corrected chi connectivity index (χ1v) is 16.2. The molecule has 258 valence electrons. The van der Waals surface area contributed by atoms with Crippen molar-refractivity contribution >= 4 is 88.3 Å². The number of esters is 1.